The highest BCUT2D eigenvalue weighted by Crippen LogP contribution is 2.26. The van der Waals surface area contributed by atoms with Gasteiger partial charge in [-0.15, -0.1) is 0 Å². The van der Waals surface area contributed by atoms with Crippen molar-refractivity contribution >= 4 is 33.2 Å². The molecule has 1 amide bonds. The van der Waals surface area contributed by atoms with E-state index in [9.17, 15) is 13.2 Å². The van der Waals surface area contributed by atoms with Crippen molar-refractivity contribution in [1.29, 1.82) is 0 Å². The molecule has 0 fully saturated rings. The van der Waals surface area contributed by atoms with Crippen LogP contribution in [0, 0.1) is 0 Å². The van der Waals surface area contributed by atoms with Gasteiger partial charge in [0.25, 0.3) is 0 Å². The second-order valence-electron chi connectivity index (χ2n) is 4.91. The van der Waals surface area contributed by atoms with E-state index in [1.807, 2.05) is 6.07 Å². The highest BCUT2D eigenvalue weighted by Gasteiger charge is 2.19. The zero-order chi connectivity index (χ0) is 17.7. The summed E-state index contributed by atoms with van der Waals surface area (Å²) in [4.78, 5) is 13.5. The molecule has 1 N–H and O–H groups in total. The summed E-state index contributed by atoms with van der Waals surface area (Å²) in [6.45, 7) is -0.364. The van der Waals surface area contributed by atoms with Crippen molar-refractivity contribution in [2.75, 3.05) is 25.6 Å². The average molecular weight is 369 g/mol. The third-order valence-electron chi connectivity index (χ3n) is 3.36. The average Bonchev–Trinajstić information content (AvgIpc) is 2.59. The molecule has 0 atom stereocenters. The number of nitrogens with one attached hydrogen (secondary N) is 1. The van der Waals surface area contributed by atoms with E-state index >= 15 is 0 Å². The van der Waals surface area contributed by atoms with Crippen molar-refractivity contribution in [3.05, 3.63) is 53.6 Å². The maximum Gasteiger partial charge on any atom is 0.241 e. The molecule has 0 saturated carbocycles. The summed E-state index contributed by atoms with van der Waals surface area (Å²) in [5, 5.41) is 0.174. The van der Waals surface area contributed by atoms with E-state index in [4.69, 9.17) is 16.3 Å². The predicted octanol–water partition coefficient (Wildman–Crippen LogP) is 2.29. The number of anilines is 1. The number of ether oxygens (including phenoxy) is 1. The van der Waals surface area contributed by atoms with Crippen LogP contribution in [0.1, 0.15) is 0 Å². The largest absolute Gasteiger partial charge is 0.495 e. The first-order valence-electron chi connectivity index (χ1n) is 7.00. The number of methoxy groups -OCH3 is 1. The highest BCUT2D eigenvalue weighted by atomic mass is 35.5. The van der Waals surface area contributed by atoms with E-state index in [0.29, 0.717) is 11.4 Å². The van der Waals surface area contributed by atoms with Crippen molar-refractivity contribution < 1.29 is 17.9 Å². The summed E-state index contributed by atoms with van der Waals surface area (Å²) in [5.41, 5.74) is 0.675. The minimum atomic E-state index is -3.86. The number of carbonyl (C=O) groups excluding carboxylic acids is 1. The maximum absolute atomic E-state index is 12.3. The van der Waals surface area contributed by atoms with E-state index in [2.05, 4.69) is 4.72 Å². The molecular formula is C16H17ClN2O4S. The summed E-state index contributed by atoms with van der Waals surface area (Å²) < 4.78 is 31.8. The minimum absolute atomic E-state index is 0.0385. The molecular weight excluding hydrogens is 352 g/mol. The van der Waals surface area contributed by atoms with Crippen molar-refractivity contribution in [3.63, 3.8) is 0 Å². The first-order valence-corrected chi connectivity index (χ1v) is 8.86. The van der Waals surface area contributed by atoms with Crippen molar-refractivity contribution in [1.82, 2.24) is 4.72 Å². The Hall–Kier alpha value is -2.09. The van der Waals surface area contributed by atoms with Crippen molar-refractivity contribution in [2.45, 2.75) is 4.90 Å². The van der Waals surface area contributed by atoms with Gasteiger partial charge in [0.05, 0.1) is 23.6 Å². The van der Waals surface area contributed by atoms with Crippen LogP contribution in [0.15, 0.2) is 53.4 Å². The number of halogens is 1. The van der Waals surface area contributed by atoms with Crippen molar-refractivity contribution in [3.8, 4) is 5.75 Å². The van der Waals surface area contributed by atoms with E-state index in [0.717, 1.165) is 0 Å². The Morgan fingerprint density at radius 3 is 2.46 bits per heavy atom. The number of hydrogen-bond donors (Lipinski definition) is 1. The van der Waals surface area contributed by atoms with Crippen LogP contribution in [0.2, 0.25) is 5.02 Å². The molecule has 0 aliphatic rings. The number of para-hydroxylation sites is 1. The molecule has 0 unspecified atom stereocenters. The van der Waals surface area contributed by atoms with Crippen LogP contribution >= 0.6 is 11.6 Å². The standard InChI is InChI=1S/C16H17ClN2O4S/c1-19(12-6-4-3-5-7-12)16(20)11-18-24(21,22)13-8-9-15(23-2)14(17)10-13/h3-10,18H,11H2,1-2H3. The second kappa shape index (κ2) is 7.65. The quantitative estimate of drug-likeness (QED) is 0.848. The predicted molar refractivity (Wildman–Crippen MR) is 93.0 cm³/mol. The summed E-state index contributed by atoms with van der Waals surface area (Å²) in [6, 6.07) is 13.0. The molecule has 0 saturated heterocycles. The van der Waals surface area contributed by atoms with Crippen LogP contribution in [-0.2, 0) is 14.8 Å². The lowest BCUT2D eigenvalue weighted by Gasteiger charge is -2.17. The monoisotopic (exact) mass is 368 g/mol. The summed E-state index contributed by atoms with van der Waals surface area (Å²) in [7, 11) is -0.840. The number of benzene rings is 2. The minimum Gasteiger partial charge on any atom is -0.495 e. The molecule has 24 heavy (non-hydrogen) atoms. The summed E-state index contributed by atoms with van der Waals surface area (Å²) in [6.07, 6.45) is 0. The molecule has 0 spiro atoms. The van der Waals surface area contributed by atoms with Gasteiger partial charge in [0.1, 0.15) is 5.75 Å². The molecule has 128 valence electrons. The Morgan fingerprint density at radius 2 is 1.88 bits per heavy atom. The molecule has 8 heteroatoms. The molecule has 2 rings (SSSR count). The molecule has 2 aromatic carbocycles. The van der Waals surface area contributed by atoms with Crippen LogP contribution in [0.3, 0.4) is 0 Å². The van der Waals surface area contributed by atoms with Crippen LogP contribution in [-0.4, -0.2) is 35.0 Å². The third-order valence-corrected chi connectivity index (χ3v) is 5.06. The highest BCUT2D eigenvalue weighted by molar-refractivity contribution is 7.89. The normalized spacial score (nSPS) is 11.1. The van der Waals surface area contributed by atoms with E-state index in [-0.39, 0.29) is 22.4 Å². The van der Waals surface area contributed by atoms with Crippen LogP contribution in [0.4, 0.5) is 5.69 Å². The number of carbonyl (C=O) groups is 1. The number of rotatable bonds is 6. The first kappa shape index (κ1) is 18.3. The number of nitrogens with zero attached hydrogens (tertiary/aromatic N) is 1. The fourth-order valence-electron chi connectivity index (χ4n) is 1.97. The molecule has 2 aromatic rings. The van der Waals surface area contributed by atoms with Gasteiger partial charge in [0.2, 0.25) is 15.9 Å². The molecule has 0 bridgehead atoms. The molecule has 0 heterocycles. The number of amides is 1. The smallest absolute Gasteiger partial charge is 0.241 e. The molecule has 0 radical (unpaired) electrons. The Morgan fingerprint density at radius 1 is 1.21 bits per heavy atom. The second-order valence-corrected chi connectivity index (χ2v) is 7.08. The van der Waals surface area contributed by atoms with Crippen molar-refractivity contribution in [2.24, 2.45) is 0 Å². The lowest BCUT2D eigenvalue weighted by molar-refractivity contribution is -0.117. The first-order chi connectivity index (χ1) is 11.3. The molecule has 0 aliphatic carbocycles. The van der Waals surface area contributed by atoms with Crippen LogP contribution < -0.4 is 14.4 Å². The Labute approximate surface area is 146 Å². The SMILES string of the molecule is COc1ccc(S(=O)(=O)NCC(=O)N(C)c2ccccc2)cc1Cl. The maximum atomic E-state index is 12.3. The van der Waals surface area contributed by atoms with Crippen LogP contribution in [0.5, 0.6) is 5.75 Å². The zero-order valence-corrected chi connectivity index (χ0v) is 14.8. The van der Waals surface area contributed by atoms with Gasteiger partial charge in [-0.3, -0.25) is 4.79 Å². The van der Waals surface area contributed by atoms with Gasteiger partial charge in [-0.1, -0.05) is 29.8 Å². The van der Waals surface area contributed by atoms with E-state index in [1.165, 1.54) is 30.2 Å². The fraction of sp³-hybridized carbons (Fsp3) is 0.188. The van der Waals surface area contributed by atoms with Gasteiger partial charge in [-0.2, -0.15) is 0 Å². The summed E-state index contributed by atoms with van der Waals surface area (Å²) in [5.74, 6) is -0.0140. The Kier molecular flexibility index (Phi) is 5.82. The topological polar surface area (TPSA) is 75.7 Å². The summed E-state index contributed by atoms with van der Waals surface area (Å²) >= 11 is 5.94. The van der Waals surface area contributed by atoms with Gasteiger partial charge in [-0.05, 0) is 30.3 Å². The lowest BCUT2D eigenvalue weighted by Crippen LogP contribution is -2.38. The van der Waals surface area contributed by atoms with Crippen LogP contribution in [0.25, 0.3) is 0 Å². The van der Waals surface area contributed by atoms with Gasteiger partial charge in [-0.25, -0.2) is 13.1 Å². The molecule has 6 nitrogen and oxygen atoms in total. The van der Waals surface area contributed by atoms with Gasteiger partial charge < -0.3 is 9.64 Å². The fourth-order valence-corrected chi connectivity index (χ4v) is 3.29. The van der Waals surface area contributed by atoms with Gasteiger partial charge in [0.15, 0.2) is 0 Å². The Balaban J connectivity index is 2.07. The Bertz CT molecular complexity index is 825. The van der Waals surface area contributed by atoms with Gasteiger partial charge in [0, 0.05) is 12.7 Å². The van der Waals surface area contributed by atoms with E-state index in [1.54, 1.807) is 31.3 Å². The number of sulfonamides is 1. The van der Waals surface area contributed by atoms with Gasteiger partial charge >= 0.3 is 0 Å². The number of hydrogen-bond acceptors (Lipinski definition) is 4. The zero-order valence-electron chi connectivity index (χ0n) is 13.2. The molecule has 0 aromatic heterocycles. The third kappa shape index (κ3) is 4.25. The van der Waals surface area contributed by atoms with E-state index < -0.39 is 10.0 Å². The lowest BCUT2D eigenvalue weighted by atomic mass is 10.3. The number of likely N-dealkylation sites (N-methyl/N-ethyl adjacent to an activating group) is 1. The molecule has 0 aliphatic heterocycles.